The molecule has 0 radical (unpaired) electrons. The molecule has 3 rings (SSSR count). The van der Waals surface area contributed by atoms with E-state index in [2.05, 4.69) is 10.0 Å². The van der Waals surface area contributed by atoms with Crippen LogP contribution in [0.3, 0.4) is 0 Å². The van der Waals surface area contributed by atoms with Gasteiger partial charge in [-0.2, -0.15) is 0 Å². The zero-order chi connectivity index (χ0) is 20.1. The number of carbonyl (C=O) groups excluding carboxylic acids is 3. The molecule has 0 saturated carbocycles. The number of amides is 3. The van der Waals surface area contributed by atoms with Crippen LogP contribution in [-0.2, 0) is 24.3 Å². The maximum Gasteiger partial charge on any atom is 0.324 e. The van der Waals surface area contributed by atoms with E-state index in [1.165, 1.54) is 6.07 Å². The third kappa shape index (κ3) is 4.65. The largest absolute Gasteiger partial charge is 0.456 e. The Morgan fingerprint density at radius 3 is 2.61 bits per heavy atom. The molecular weight excluding hydrogens is 386 g/mol. The van der Waals surface area contributed by atoms with Crippen LogP contribution in [0.2, 0.25) is 0 Å². The molecule has 0 unspecified atom stereocenters. The van der Waals surface area contributed by atoms with E-state index in [-0.39, 0.29) is 24.4 Å². The predicted molar refractivity (Wildman–Crippen MR) is 99.8 cm³/mol. The molecule has 2 aromatic carbocycles. The minimum absolute atomic E-state index is 0.0924. The molecule has 0 bridgehead atoms. The maximum atomic E-state index is 12.4. The summed E-state index contributed by atoms with van der Waals surface area (Å²) in [5, 5.41) is 4.17. The summed E-state index contributed by atoms with van der Waals surface area (Å²) in [6.45, 7) is -0.161. The summed E-state index contributed by atoms with van der Waals surface area (Å²) in [6.07, 6.45) is -0.244. The summed E-state index contributed by atoms with van der Waals surface area (Å²) < 4.78 is 31.9. The number of hydrogen-bond donors (Lipinski definition) is 2. The lowest BCUT2D eigenvalue weighted by Gasteiger charge is -2.12. The van der Waals surface area contributed by atoms with Gasteiger partial charge in [-0.15, -0.1) is 0 Å². The number of carbonyl (C=O) groups is 3. The first kappa shape index (κ1) is 19.8. The molecule has 3 amide bonds. The average molecular weight is 405 g/mol. The lowest BCUT2D eigenvalue weighted by Crippen LogP contribution is -2.37. The predicted octanol–water partition coefficient (Wildman–Crippen LogP) is 0.603. The summed E-state index contributed by atoms with van der Waals surface area (Å²) in [6, 6.07) is 11.6. The van der Waals surface area contributed by atoms with Crippen molar-refractivity contribution in [1.82, 2.24) is 14.9 Å². The molecular formula is C18H19N3O6S. The summed E-state index contributed by atoms with van der Waals surface area (Å²) in [7, 11) is -3.78. The van der Waals surface area contributed by atoms with Gasteiger partial charge in [-0.25, -0.2) is 17.9 Å². The summed E-state index contributed by atoms with van der Waals surface area (Å²) >= 11 is 0. The topological polar surface area (TPSA) is 122 Å². The van der Waals surface area contributed by atoms with E-state index in [0.717, 1.165) is 15.7 Å². The number of hydrogen-bond acceptors (Lipinski definition) is 6. The molecule has 0 aliphatic carbocycles. The number of nitrogens with one attached hydrogen (secondary N) is 2. The van der Waals surface area contributed by atoms with Crippen LogP contribution in [0.15, 0.2) is 47.4 Å². The molecule has 1 aliphatic heterocycles. The summed E-state index contributed by atoms with van der Waals surface area (Å²) in [4.78, 5) is 35.9. The monoisotopic (exact) mass is 405 g/mol. The number of nitrogens with zero attached hydrogens (tertiary/aromatic N) is 1. The standard InChI is InChI=1S/C18H19N3O6S/c22-16(21-10-9-19-18(21)24)12-27-17(23)7-8-20-28(25,26)15-6-5-13-3-1-2-4-14(13)11-15/h1-6,11,20H,7-10,12H2,(H,19,24). The van der Waals surface area contributed by atoms with Gasteiger partial charge in [-0.1, -0.05) is 30.3 Å². The van der Waals surface area contributed by atoms with Crippen molar-refractivity contribution in [2.75, 3.05) is 26.2 Å². The number of imide groups is 1. The van der Waals surface area contributed by atoms with Crippen LogP contribution in [0.4, 0.5) is 4.79 Å². The van der Waals surface area contributed by atoms with Gasteiger partial charge in [0.25, 0.3) is 5.91 Å². The summed E-state index contributed by atoms with van der Waals surface area (Å²) in [5.74, 6) is -1.37. The van der Waals surface area contributed by atoms with Crippen molar-refractivity contribution in [2.45, 2.75) is 11.3 Å². The Bertz CT molecular complexity index is 1020. The number of rotatable bonds is 7. The number of benzene rings is 2. The first-order chi connectivity index (χ1) is 13.4. The fourth-order valence-corrected chi connectivity index (χ4v) is 3.77. The van der Waals surface area contributed by atoms with E-state index >= 15 is 0 Å². The molecule has 10 heteroatoms. The van der Waals surface area contributed by atoms with Crippen molar-refractivity contribution >= 4 is 38.7 Å². The van der Waals surface area contributed by atoms with Crippen LogP contribution in [0, 0.1) is 0 Å². The van der Waals surface area contributed by atoms with Gasteiger partial charge in [0.1, 0.15) is 0 Å². The Kier molecular flexibility index (Phi) is 5.90. The van der Waals surface area contributed by atoms with Crippen LogP contribution in [0.1, 0.15) is 6.42 Å². The molecule has 2 aromatic rings. The van der Waals surface area contributed by atoms with Gasteiger partial charge in [0, 0.05) is 19.6 Å². The molecule has 2 N–H and O–H groups in total. The van der Waals surface area contributed by atoms with E-state index in [4.69, 9.17) is 4.74 Å². The fourth-order valence-electron chi connectivity index (χ4n) is 2.71. The number of urea groups is 1. The SMILES string of the molecule is O=C(CCNS(=O)(=O)c1ccc2ccccc2c1)OCC(=O)N1CCNC1=O. The number of esters is 1. The van der Waals surface area contributed by atoms with Crippen molar-refractivity contribution in [3.63, 3.8) is 0 Å². The fraction of sp³-hybridized carbons (Fsp3) is 0.278. The highest BCUT2D eigenvalue weighted by Crippen LogP contribution is 2.18. The lowest BCUT2D eigenvalue weighted by molar-refractivity contribution is -0.150. The quantitative estimate of drug-likeness (QED) is 0.651. The second-order valence-electron chi connectivity index (χ2n) is 6.09. The van der Waals surface area contributed by atoms with E-state index in [1.54, 1.807) is 12.1 Å². The zero-order valence-electron chi connectivity index (χ0n) is 14.9. The van der Waals surface area contributed by atoms with Crippen LogP contribution in [-0.4, -0.2) is 57.5 Å². The molecule has 148 valence electrons. The molecule has 9 nitrogen and oxygen atoms in total. The van der Waals surface area contributed by atoms with Crippen molar-refractivity contribution in [1.29, 1.82) is 0 Å². The van der Waals surface area contributed by atoms with Crippen LogP contribution < -0.4 is 10.0 Å². The third-order valence-electron chi connectivity index (χ3n) is 4.17. The summed E-state index contributed by atoms with van der Waals surface area (Å²) in [5.41, 5.74) is 0. The van der Waals surface area contributed by atoms with Gasteiger partial charge in [0.15, 0.2) is 6.61 Å². The zero-order valence-corrected chi connectivity index (χ0v) is 15.7. The van der Waals surface area contributed by atoms with Gasteiger partial charge in [0.05, 0.1) is 11.3 Å². The Hall–Kier alpha value is -2.98. The molecule has 1 fully saturated rings. The Balaban J connectivity index is 1.48. The Morgan fingerprint density at radius 2 is 1.89 bits per heavy atom. The average Bonchev–Trinajstić information content (AvgIpc) is 3.11. The van der Waals surface area contributed by atoms with Gasteiger partial charge >= 0.3 is 12.0 Å². The molecule has 1 heterocycles. The van der Waals surface area contributed by atoms with Gasteiger partial charge in [-0.3, -0.25) is 14.5 Å². The van der Waals surface area contributed by atoms with Gasteiger partial charge < -0.3 is 10.1 Å². The molecule has 1 aliphatic rings. The normalized spacial score (nSPS) is 14.1. The van der Waals surface area contributed by atoms with Crippen LogP contribution in [0.5, 0.6) is 0 Å². The highest BCUT2D eigenvalue weighted by molar-refractivity contribution is 7.89. The van der Waals surface area contributed by atoms with Crippen molar-refractivity contribution in [2.24, 2.45) is 0 Å². The highest BCUT2D eigenvalue weighted by atomic mass is 32.2. The Labute approximate surface area is 161 Å². The highest BCUT2D eigenvalue weighted by Gasteiger charge is 2.26. The number of sulfonamides is 1. The van der Waals surface area contributed by atoms with E-state index in [0.29, 0.717) is 6.54 Å². The second-order valence-corrected chi connectivity index (χ2v) is 7.86. The smallest absolute Gasteiger partial charge is 0.324 e. The minimum atomic E-state index is -3.78. The third-order valence-corrected chi connectivity index (χ3v) is 5.63. The Morgan fingerprint density at radius 1 is 1.14 bits per heavy atom. The maximum absolute atomic E-state index is 12.4. The molecule has 0 aromatic heterocycles. The van der Waals surface area contributed by atoms with Gasteiger partial charge in [0.2, 0.25) is 10.0 Å². The van der Waals surface area contributed by atoms with Gasteiger partial charge in [-0.05, 0) is 22.9 Å². The van der Waals surface area contributed by atoms with Crippen molar-refractivity contribution in [3.05, 3.63) is 42.5 Å². The molecule has 0 atom stereocenters. The molecule has 1 saturated heterocycles. The van der Waals surface area contributed by atoms with Crippen LogP contribution >= 0.6 is 0 Å². The van der Waals surface area contributed by atoms with Crippen LogP contribution in [0.25, 0.3) is 10.8 Å². The lowest BCUT2D eigenvalue weighted by atomic mass is 10.1. The van der Waals surface area contributed by atoms with Crippen molar-refractivity contribution < 1.29 is 27.5 Å². The van der Waals surface area contributed by atoms with E-state index in [9.17, 15) is 22.8 Å². The minimum Gasteiger partial charge on any atom is -0.456 e. The first-order valence-corrected chi connectivity index (χ1v) is 10.1. The molecule has 28 heavy (non-hydrogen) atoms. The molecule has 0 spiro atoms. The van der Waals surface area contributed by atoms with Crippen molar-refractivity contribution in [3.8, 4) is 0 Å². The first-order valence-electron chi connectivity index (χ1n) is 8.59. The number of ether oxygens (including phenoxy) is 1. The second kappa shape index (κ2) is 8.36. The van der Waals surface area contributed by atoms with E-state index < -0.39 is 34.5 Å². The number of fused-ring (bicyclic) bond motifs is 1. The van der Waals surface area contributed by atoms with E-state index in [1.807, 2.05) is 24.3 Å².